The molecule has 0 aliphatic heterocycles. The van der Waals surface area contributed by atoms with Crippen molar-refractivity contribution in [2.75, 3.05) is 5.73 Å². The van der Waals surface area contributed by atoms with E-state index in [0.717, 1.165) is 37.4 Å². The Hall–Kier alpha value is -1.91. The predicted octanol–water partition coefficient (Wildman–Crippen LogP) is 4.07. The maximum Gasteiger partial charge on any atom is 0.134 e. The zero-order valence-corrected chi connectivity index (χ0v) is 12.5. The fraction of sp³-hybridized carbons (Fsp3) is 0.438. The standard InChI is InChI=1S/C16H21F2N3/c1-3-4-5-6-7-14-15(16(19)21(2)20-14)12-9-8-11(17)10-13(12)18/h8-10H,3-7,19H2,1-2H3. The molecule has 3 nitrogen and oxygen atoms in total. The lowest BCUT2D eigenvalue weighted by Gasteiger charge is -2.06. The quantitative estimate of drug-likeness (QED) is 0.816. The Morgan fingerprint density at radius 1 is 1.19 bits per heavy atom. The van der Waals surface area contributed by atoms with E-state index in [-0.39, 0.29) is 0 Å². The van der Waals surface area contributed by atoms with Crippen molar-refractivity contribution in [2.24, 2.45) is 7.05 Å². The van der Waals surface area contributed by atoms with Gasteiger partial charge < -0.3 is 5.73 Å². The SMILES string of the molecule is CCCCCCc1nn(C)c(N)c1-c1ccc(F)cc1F. The van der Waals surface area contributed by atoms with E-state index in [9.17, 15) is 8.78 Å². The second kappa shape index (κ2) is 6.70. The molecule has 0 unspecified atom stereocenters. The molecule has 1 heterocycles. The van der Waals surface area contributed by atoms with Gasteiger partial charge in [0.15, 0.2) is 0 Å². The van der Waals surface area contributed by atoms with Crippen LogP contribution in [-0.4, -0.2) is 9.78 Å². The molecule has 21 heavy (non-hydrogen) atoms. The molecular formula is C16H21F2N3. The number of aromatic nitrogens is 2. The fourth-order valence-corrected chi connectivity index (χ4v) is 2.47. The Morgan fingerprint density at radius 2 is 1.95 bits per heavy atom. The van der Waals surface area contributed by atoms with E-state index in [0.29, 0.717) is 16.9 Å². The van der Waals surface area contributed by atoms with Gasteiger partial charge in [0, 0.05) is 24.2 Å². The number of hydrogen-bond acceptors (Lipinski definition) is 2. The topological polar surface area (TPSA) is 43.8 Å². The van der Waals surface area contributed by atoms with Crippen LogP contribution in [0.5, 0.6) is 0 Å². The number of nitrogens with two attached hydrogens (primary N) is 1. The number of aryl methyl sites for hydroxylation is 2. The van der Waals surface area contributed by atoms with E-state index in [4.69, 9.17) is 5.73 Å². The third kappa shape index (κ3) is 3.40. The van der Waals surface area contributed by atoms with Crippen LogP contribution in [0.4, 0.5) is 14.6 Å². The number of benzene rings is 1. The Kier molecular flexibility index (Phi) is 4.94. The van der Waals surface area contributed by atoms with Crippen molar-refractivity contribution in [3.05, 3.63) is 35.5 Å². The van der Waals surface area contributed by atoms with Crippen LogP contribution in [0.25, 0.3) is 11.1 Å². The van der Waals surface area contributed by atoms with Crippen LogP contribution >= 0.6 is 0 Å². The van der Waals surface area contributed by atoms with E-state index in [1.807, 2.05) is 0 Å². The molecule has 2 rings (SSSR count). The summed E-state index contributed by atoms with van der Waals surface area (Å²) in [6.07, 6.45) is 5.17. The first-order valence-electron chi connectivity index (χ1n) is 7.31. The maximum atomic E-state index is 14.0. The van der Waals surface area contributed by atoms with Crippen molar-refractivity contribution in [1.82, 2.24) is 9.78 Å². The summed E-state index contributed by atoms with van der Waals surface area (Å²) in [5.74, 6) is -0.793. The molecule has 0 saturated carbocycles. The Bertz CT molecular complexity index is 620. The summed E-state index contributed by atoms with van der Waals surface area (Å²) in [5.41, 5.74) is 7.69. The van der Waals surface area contributed by atoms with E-state index < -0.39 is 11.6 Å². The van der Waals surface area contributed by atoms with Crippen molar-refractivity contribution in [2.45, 2.75) is 39.0 Å². The van der Waals surface area contributed by atoms with Crippen molar-refractivity contribution < 1.29 is 8.78 Å². The molecule has 0 fully saturated rings. The first-order chi connectivity index (χ1) is 10.0. The van der Waals surface area contributed by atoms with Crippen LogP contribution in [0, 0.1) is 11.6 Å². The third-order valence-corrected chi connectivity index (χ3v) is 3.63. The van der Waals surface area contributed by atoms with Crippen LogP contribution in [0.3, 0.4) is 0 Å². The zero-order valence-electron chi connectivity index (χ0n) is 12.5. The molecule has 0 atom stereocenters. The van der Waals surface area contributed by atoms with Gasteiger partial charge in [-0.3, -0.25) is 4.68 Å². The lowest BCUT2D eigenvalue weighted by atomic mass is 10.0. The van der Waals surface area contributed by atoms with E-state index in [1.54, 1.807) is 11.7 Å². The van der Waals surface area contributed by atoms with Gasteiger partial charge in [-0.05, 0) is 25.0 Å². The molecular weight excluding hydrogens is 272 g/mol. The van der Waals surface area contributed by atoms with Crippen LogP contribution in [0.15, 0.2) is 18.2 Å². The minimum atomic E-state index is -0.607. The number of nitrogen functional groups attached to an aromatic ring is 1. The summed E-state index contributed by atoms with van der Waals surface area (Å²) in [5, 5.41) is 4.38. The average Bonchev–Trinajstić information content (AvgIpc) is 2.71. The van der Waals surface area contributed by atoms with Crippen molar-refractivity contribution in [3.63, 3.8) is 0 Å². The number of rotatable bonds is 6. The number of nitrogens with zero attached hydrogens (tertiary/aromatic N) is 2. The van der Waals surface area contributed by atoms with Gasteiger partial charge in [0.25, 0.3) is 0 Å². The van der Waals surface area contributed by atoms with Gasteiger partial charge in [-0.1, -0.05) is 26.2 Å². The predicted molar refractivity (Wildman–Crippen MR) is 80.8 cm³/mol. The van der Waals surface area contributed by atoms with Crippen molar-refractivity contribution in [1.29, 1.82) is 0 Å². The van der Waals surface area contributed by atoms with Gasteiger partial charge >= 0.3 is 0 Å². The van der Waals surface area contributed by atoms with Gasteiger partial charge in [-0.2, -0.15) is 5.10 Å². The minimum Gasteiger partial charge on any atom is -0.383 e. The highest BCUT2D eigenvalue weighted by Gasteiger charge is 2.18. The third-order valence-electron chi connectivity index (χ3n) is 3.63. The largest absolute Gasteiger partial charge is 0.383 e. The van der Waals surface area contributed by atoms with Gasteiger partial charge in [0.1, 0.15) is 17.5 Å². The Labute approximate surface area is 123 Å². The van der Waals surface area contributed by atoms with Crippen LogP contribution < -0.4 is 5.73 Å². The highest BCUT2D eigenvalue weighted by atomic mass is 19.1. The normalized spacial score (nSPS) is 11.0. The summed E-state index contributed by atoms with van der Waals surface area (Å²) in [6, 6.07) is 3.54. The molecule has 0 spiro atoms. The second-order valence-electron chi connectivity index (χ2n) is 5.27. The Morgan fingerprint density at radius 3 is 2.62 bits per heavy atom. The van der Waals surface area contributed by atoms with Gasteiger partial charge in [-0.25, -0.2) is 8.78 Å². The molecule has 0 radical (unpaired) electrons. The van der Waals surface area contributed by atoms with Gasteiger partial charge in [-0.15, -0.1) is 0 Å². The number of halogens is 2. The van der Waals surface area contributed by atoms with E-state index >= 15 is 0 Å². The summed E-state index contributed by atoms with van der Waals surface area (Å²) in [6.45, 7) is 2.15. The number of hydrogen-bond donors (Lipinski definition) is 1. The molecule has 1 aromatic carbocycles. The molecule has 0 aliphatic rings. The average molecular weight is 293 g/mol. The smallest absolute Gasteiger partial charge is 0.134 e. The second-order valence-corrected chi connectivity index (χ2v) is 5.27. The molecule has 5 heteroatoms. The summed E-state index contributed by atoms with van der Waals surface area (Å²) < 4.78 is 28.6. The Balaban J connectivity index is 2.33. The number of unbranched alkanes of at least 4 members (excludes halogenated alkanes) is 3. The lowest BCUT2D eigenvalue weighted by Crippen LogP contribution is -1.98. The summed E-state index contributed by atoms with van der Waals surface area (Å²) in [4.78, 5) is 0. The highest BCUT2D eigenvalue weighted by molar-refractivity contribution is 5.77. The number of anilines is 1. The van der Waals surface area contributed by atoms with Crippen LogP contribution in [0.1, 0.15) is 38.3 Å². The molecule has 0 aliphatic carbocycles. The summed E-state index contributed by atoms with van der Waals surface area (Å²) in [7, 11) is 1.73. The first-order valence-corrected chi connectivity index (χ1v) is 7.31. The monoisotopic (exact) mass is 293 g/mol. The van der Waals surface area contributed by atoms with Gasteiger partial charge in [0.2, 0.25) is 0 Å². The molecule has 2 aromatic rings. The van der Waals surface area contributed by atoms with E-state index in [1.165, 1.54) is 18.6 Å². The molecule has 0 bridgehead atoms. The van der Waals surface area contributed by atoms with E-state index in [2.05, 4.69) is 12.0 Å². The highest BCUT2D eigenvalue weighted by Crippen LogP contribution is 2.32. The van der Waals surface area contributed by atoms with Crippen molar-refractivity contribution >= 4 is 5.82 Å². The van der Waals surface area contributed by atoms with Gasteiger partial charge in [0.05, 0.1) is 5.69 Å². The van der Waals surface area contributed by atoms with Crippen molar-refractivity contribution in [3.8, 4) is 11.1 Å². The summed E-state index contributed by atoms with van der Waals surface area (Å²) >= 11 is 0. The molecule has 0 saturated heterocycles. The molecule has 114 valence electrons. The minimum absolute atomic E-state index is 0.312. The fourth-order valence-electron chi connectivity index (χ4n) is 2.47. The zero-order chi connectivity index (χ0) is 15.4. The lowest BCUT2D eigenvalue weighted by molar-refractivity contribution is 0.585. The molecule has 1 aromatic heterocycles. The maximum absolute atomic E-state index is 14.0. The first kappa shape index (κ1) is 15.5. The molecule has 2 N–H and O–H groups in total. The van der Waals surface area contributed by atoms with Crippen LogP contribution in [0.2, 0.25) is 0 Å². The van der Waals surface area contributed by atoms with Crippen LogP contribution in [-0.2, 0) is 13.5 Å². The molecule has 0 amide bonds.